The first-order chi connectivity index (χ1) is 8.10. The summed E-state index contributed by atoms with van der Waals surface area (Å²) in [5, 5.41) is 0. The van der Waals surface area contributed by atoms with E-state index in [9.17, 15) is 9.59 Å². The third-order valence-electron chi connectivity index (χ3n) is 2.34. The molecule has 94 valence electrons. The number of hydrogen-bond acceptors (Lipinski definition) is 4. The van der Waals surface area contributed by atoms with Crippen molar-refractivity contribution in [1.82, 2.24) is 4.57 Å². The number of aromatic nitrogens is 1. The maximum absolute atomic E-state index is 11.5. The molecule has 0 bridgehead atoms. The van der Waals surface area contributed by atoms with Gasteiger partial charge in [0.05, 0.1) is 18.8 Å². The fraction of sp³-hybridized carbons (Fsp3) is 0.500. The molecule has 0 saturated carbocycles. The van der Waals surface area contributed by atoms with Crippen LogP contribution in [-0.2, 0) is 20.8 Å². The van der Waals surface area contributed by atoms with Gasteiger partial charge >= 0.3 is 11.9 Å². The van der Waals surface area contributed by atoms with Gasteiger partial charge in [0.2, 0.25) is 0 Å². The van der Waals surface area contributed by atoms with Crippen LogP contribution in [0.1, 0.15) is 29.9 Å². The number of esters is 2. The molecule has 1 aromatic rings. The number of ether oxygens (including phenoxy) is 2. The number of rotatable bonds is 5. The van der Waals surface area contributed by atoms with Crippen molar-refractivity contribution in [3.8, 4) is 0 Å². The second kappa shape index (κ2) is 6.08. The third-order valence-corrected chi connectivity index (χ3v) is 2.34. The molecule has 0 aliphatic rings. The Balaban J connectivity index is 2.77. The molecule has 0 fully saturated rings. The van der Waals surface area contributed by atoms with Crippen LogP contribution in [-0.4, -0.2) is 29.7 Å². The Labute approximate surface area is 100 Å². The molecule has 0 radical (unpaired) electrons. The molecule has 0 aliphatic heterocycles. The molecule has 0 unspecified atom stereocenters. The maximum Gasteiger partial charge on any atom is 0.339 e. The van der Waals surface area contributed by atoms with Crippen molar-refractivity contribution in [3.63, 3.8) is 0 Å². The van der Waals surface area contributed by atoms with E-state index in [1.54, 1.807) is 37.6 Å². The highest BCUT2D eigenvalue weighted by Gasteiger charge is 2.15. The van der Waals surface area contributed by atoms with Crippen LogP contribution in [0.3, 0.4) is 0 Å². The van der Waals surface area contributed by atoms with E-state index in [0.717, 1.165) is 0 Å². The molecule has 0 amide bonds. The van der Waals surface area contributed by atoms with E-state index in [1.807, 2.05) is 0 Å². The fourth-order valence-corrected chi connectivity index (χ4v) is 1.49. The van der Waals surface area contributed by atoms with Crippen molar-refractivity contribution in [3.05, 3.63) is 23.5 Å². The van der Waals surface area contributed by atoms with Gasteiger partial charge in [-0.15, -0.1) is 0 Å². The van der Waals surface area contributed by atoms with Crippen molar-refractivity contribution in [2.45, 2.75) is 27.3 Å². The summed E-state index contributed by atoms with van der Waals surface area (Å²) < 4.78 is 11.4. The molecule has 1 rings (SSSR count). The summed E-state index contributed by atoms with van der Waals surface area (Å²) in [6, 6.07) is 1.65. The average molecular weight is 239 g/mol. The van der Waals surface area contributed by atoms with Gasteiger partial charge in [-0.1, -0.05) is 0 Å². The topological polar surface area (TPSA) is 57.5 Å². The Bertz CT molecular complexity index is 409. The van der Waals surface area contributed by atoms with Gasteiger partial charge < -0.3 is 14.0 Å². The van der Waals surface area contributed by atoms with Crippen molar-refractivity contribution >= 4 is 11.9 Å². The predicted molar refractivity (Wildman–Crippen MR) is 61.8 cm³/mol. The summed E-state index contributed by atoms with van der Waals surface area (Å²) in [6.07, 6.45) is 1.68. The first kappa shape index (κ1) is 13.3. The lowest BCUT2D eigenvalue weighted by Gasteiger charge is -2.06. The Morgan fingerprint density at radius 2 is 1.88 bits per heavy atom. The van der Waals surface area contributed by atoms with Crippen molar-refractivity contribution in [1.29, 1.82) is 0 Å². The zero-order chi connectivity index (χ0) is 12.8. The van der Waals surface area contributed by atoms with Crippen molar-refractivity contribution < 1.29 is 19.1 Å². The minimum Gasteiger partial charge on any atom is -0.465 e. The van der Waals surface area contributed by atoms with Crippen LogP contribution < -0.4 is 0 Å². The van der Waals surface area contributed by atoms with E-state index in [2.05, 4.69) is 0 Å². The zero-order valence-electron chi connectivity index (χ0n) is 10.4. The third kappa shape index (κ3) is 3.34. The number of carbonyl (C=O) groups excluding carboxylic acids is 2. The van der Waals surface area contributed by atoms with Crippen LogP contribution in [0, 0.1) is 6.92 Å². The summed E-state index contributed by atoms with van der Waals surface area (Å²) in [6.45, 7) is 6.07. The lowest BCUT2D eigenvalue weighted by atomic mass is 10.2. The van der Waals surface area contributed by atoms with Crippen LogP contribution in [0.4, 0.5) is 0 Å². The van der Waals surface area contributed by atoms with Gasteiger partial charge in [0.15, 0.2) is 0 Å². The highest BCUT2D eigenvalue weighted by Crippen LogP contribution is 2.11. The maximum atomic E-state index is 11.5. The molecular weight excluding hydrogens is 222 g/mol. The molecule has 0 aromatic carbocycles. The lowest BCUT2D eigenvalue weighted by molar-refractivity contribution is -0.143. The molecule has 0 spiro atoms. The molecule has 5 nitrogen and oxygen atoms in total. The second-order valence-corrected chi connectivity index (χ2v) is 3.47. The fourth-order valence-electron chi connectivity index (χ4n) is 1.49. The normalized spacial score (nSPS) is 10.1. The van der Waals surface area contributed by atoms with E-state index in [4.69, 9.17) is 9.47 Å². The second-order valence-electron chi connectivity index (χ2n) is 3.47. The average Bonchev–Trinajstić information content (AvgIpc) is 2.61. The Hall–Kier alpha value is -1.78. The van der Waals surface area contributed by atoms with Crippen LogP contribution in [0.2, 0.25) is 0 Å². The van der Waals surface area contributed by atoms with Crippen LogP contribution >= 0.6 is 0 Å². The quantitative estimate of drug-likeness (QED) is 0.731. The predicted octanol–water partition coefficient (Wildman–Crippen LogP) is 1.54. The molecule has 0 atom stereocenters. The highest BCUT2D eigenvalue weighted by molar-refractivity contribution is 5.90. The highest BCUT2D eigenvalue weighted by atomic mass is 16.5. The van der Waals surface area contributed by atoms with Gasteiger partial charge in [-0.25, -0.2) is 4.79 Å². The standard InChI is InChI=1S/C12H17NO4/c1-4-16-11(14)8-13-7-6-10(9(13)3)12(15)17-5-2/h6-7H,4-5,8H2,1-3H3. The van der Waals surface area contributed by atoms with E-state index < -0.39 is 0 Å². The molecule has 17 heavy (non-hydrogen) atoms. The number of hydrogen-bond donors (Lipinski definition) is 0. The molecule has 0 saturated heterocycles. The van der Waals surface area contributed by atoms with E-state index >= 15 is 0 Å². The van der Waals surface area contributed by atoms with Gasteiger partial charge in [-0.2, -0.15) is 0 Å². The number of carbonyl (C=O) groups is 2. The largest absolute Gasteiger partial charge is 0.465 e. The summed E-state index contributed by atoms with van der Waals surface area (Å²) in [7, 11) is 0. The van der Waals surface area contributed by atoms with Gasteiger partial charge in [0.1, 0.15) is 6.54 Å². The summed E-state index contributed by atoms with van der Waals surface area (Å²) >= 11 is 0. The van der Waals surface area contributed by atoms with Gasteiger partial charge in [-0.05, 0) is 26.8 Å². The van der Waals surface area contributed by atoms with Crippen LogP contribution in [0.25, 0.3) is 0 Å². The van der Waals surface area contributed by atoms with Gasteiger partial charge in [0.25, 0.3) is 0 Å². The number of nitrogens with zero attached hydrogens (tertiary/aromatic N) is 1. The molecule has 5 heteroatoms. The van der Waals surface area contributed by atoms with Crippen LogP contribution in [0.15, 0.2) is 12.3 Å². The molecular formula is C12H17NO4. The molecule has 0 aliphatic carbocycles. The lowest BCUT2D eigenvalue weighted by Crippen LogP contribution is -2.14. The van der Waals surface area contributed by atoms with Gasteiger partial charge in [0, 0.05) is 11.9 Å². The van der Waals surface area contributed by atoms with E-state index in [1.165, 1.54) is 0 Å². The van der Waals surface area contributed by atoms with Gasteiger partial charge in [-0.3, -0.25) is 4.79 Å². The van der Waals surface area contributed by atoms with Crippen LogP contribution in [0.5, 0.6) is 0 Å². The molecule has 0 N–H and O–H groups in total. The van der Waals surface area contributed by atoms with E-state index in [0.29, 0.717) is 24.5 Å². The Morgan fingerprint density at radius 3 is 2.47 bits per heavy atom. The smallest absolute Gasteiger partial charge is 0.339 e. The Kier molecular flexibility index (Phi) is 4.75. The summed E-state index contributed by atoms with van der Waals surface area (Å²) in [4.78, 5) is 22.8. The van der Waals surface area contributed by atoms with Crippen molar-refractivity contribution in [2.75, 3.05) is 13.2 Å². The first-order valence-electron chi connectivity index (χ1n) is 5.58. The Morgan fingerprint density at radius 1 is 1.24 bits per heavy atom. The zero-order valence-corrected chi connectivity index (χ0v) is 10.4. The molecule has 1 aromatic heterocycles. The molecule has 1 heterocycles. The van der Waals surface area contributed by atoms with E-state index in [-0.39, 0.29) is 18.5 Å². The monoisotopic (exact) mass is 239 g/mol. The first-order valence-corrected chi connectivity index (χ1v) is 5.58. The minimum atomic E-state index is -0.368. The minimum absolute atomic E-state index is 0.110. The SMILES string of the molecule is CCOC(=O)Cn1ccc(C(=O)OCC)c1C. The summed E-state index contributed by atoms with van der Waals surface area (Å²) in [5.41, 5.74) is 1.19. The van der Waals surface area contributed by atoms with Crippen molar-refractivity contribution in [2.24, 2.45) is 0 Å². The summed E-state index contributed by atoms with van der Waals surface area (Å²) in [5.74, 6) is -0.686.